The SMILES string of the molecule is CC1CCC2C(C1)C(=O)C(=O)N2C. The van der Waals surface area contributed by atoms with Crippen LogP contribution in [-0.2, 0) is 9.59 Å². The maximum Gasteiger partial charge on any atom is 0.290 e. The Bertz CT molecular complexity index is 262. The Morgan fingerprint density at radius 1 is 1.31 bits per heavy atom. The minimum absolute atomic E-state index is 0.00116. The summed E-state index contributed by atoms with van der Waals surface area (Å²) in [6, 6.07) is 0.205. The maximum atomic E-state index is 11.5. The Hall–Kier alpha value is -0.860. The number of Topliss-reactive ketones (excluding diaryl/α,β-unsaturated/α-hetero) is 1. The van der Waals surface area contributed by atoms with Crippen LogP contribution >= 0.6 is 0 Å². The third-order valence-electron chi connectivity index (χ3n) is 3.44. The van der Waals surface area contributed by atoms with Crippen molar-refractivity contribution >= 4 is 11.7 Å². The number of hydrogen-bond acceptors (Lipinski definition) is 2. The number of likely N-dealkylation sites (N-methyl/N-ethyl adjacent to an activating group) is 1. The van der Waals surface area contributed by atoms with Gasteiger partial charge >= 0.3 is 0 Å². The minimum atomic E-state index is -0.274. The summed E-state index contributed by atoms with van der Waals surface area (Å²) in [5, 5.41) is 0. The smallest absolute Gasteiger partial charge is 0.290 e. The van der Waals surface area contributed by atoms with E-state index in [1.165, 1.54) is 0 Å². The van der Waals surface area contributed by atoms with Crippen molar-refractivity contribution in [3.05, 3.63) is 0 Å². The highest BCUT2D eigenvalue weighted by Gasteiger charge is 2.47. The molecule has 0 aromatic carbocycles. The monoisotopic (exact) mass is 181 g/mol. The fraction of sp³-hybridized carbons (Fsp3) is 0.800. The second-order valence-electron chi connectivity index (χ2n) is 4.37. The molecule has 72 valence electrons. The molecule has 0 spiro atoms. The Kier molecular flexibility index (Phi) is 1.90. The number of ketones is 1. The summed E-state index contributed by atoms with van der Waals surface area (Å²) in [6.45, 7) is 2.16. The lowest BCUT2D eigenvalue weighted by Gasteiger charge is -2.31. The summed E-state index contributed by atoms with van der Waals surface area (Å²) in [6.07, 6.45) is 3.05. The van der Waals surface area contributed by atoms with Crippen LogP contribution in [0.5, 0.6) is 0 Å². The Balaban J connectivity index is 2.22. The van der Waals surface area contributed by atoms with E-state index in [0.717, 1.165) is 19.3 Å². The number of carbonyl (C=O) groups excluding carboxylic acids is 2. The van der Waals surface area contributed by atoms with Crippen LogP contribution in [0.25, 0.3) is 0 Å². The summed E-state index contributed by atoms with van der Waals surface area (Å²) in [4.78, 5) is 24.5. The number of amides is 1. The van der Waals surface area contributed by atoms with Gasteiger partial charge in [0.25, 0.3) is 5.91 Å². The van der Waals surface area contributed by atoms with Gasteiger partial charge in [-0.25, -0.2) is 0 Å². The molecule has 3 nitrogen and oxygen atoms in total. The Labute approximate surface area is 78.1 Å². The van der Waals surface area contributed by atoms with E-state index in [9.17, 15) is 9.59 Å². The van der Waals surface area contributed by atoms with E-state index in [1.807, 2.05) is 0 Å². The molecule has 2 rings (SSSR count). The molecule has 0 bridgehead atoms. The van der Waals surface area contributed by atoms with Crippen molar-refractivity contribution in [1.29, 1.82) is 0 Å². The molecule has 3 heteroatoms. The maximum absolute atomic E-state index is 11.5. The van der Waals surface area contributed by atoms with Crippen LogP contribution in [0.4, 0.5) is 0 Å². The van der Waals surface area contributed by atoms with Crippen LogP contribution in [0.2, 0.25) is 0 Å². The molecule has 13 heavy (non-hydrogen) atoms. The van der Waals surface area contributed by atoms with Gasteiger partial charge < -0.3 is 4.90 Å². The average molecular weight is 181 g/mol. The molecule has 2 fully saturated rings. The lowest BCUT2D eigenvalue weighted by atomic mass is 9.79. The molecule has 1 saturated carbocycles. The van der Waals surface area contributed by atoms with Gasteiger partial charge in [-0.3, -0.25) is 9.59 Å². The number of carbonyl (C=O) groups is 2. The standard InChI is InChI=1S/C10H15NO2/c1-6-3-4-8-7(5-6)9(12)10(13)11(8)2/h6-8H,3-5H2,1-2H3. The van der Waals surface area contributed by atoms with Gasteiger partial charge in [0, 0.05) is 19.0 Å². The molecule has 0 radical (unpaired) electrons. The first-order valence-corrected chi connectivity index (χ1v) is 4.92. The first kappa shape index (κ1) is 8.73. The Morgan fingerprint density at radius 2 is 2.00 bits per heavy atom. The van der Waals surface area contributed by atoms with E-state index in [0.29, 0.717) is 5.92 Å². The van der Waals surface area contributed by atoms with Crippen molar-refractivity contribution in [3.63, 3.8) is 0 Å². The number of likely N-dealkylation sites (tertiary alicyclic amines) is 1. The molecular weight excluding hydrogens is 166 g/mol. The number of hydrogen-bond donors (Lipinski definition) is 0. The highest BCUT2D eigenvalue weighted by molar-refractivity contribution is 6.39. The zero-order chi connectivity index (χ0) is 9.59. The van der Waals surface area contributed by atoms with Crippen molar-refractivity contribution in [2.45, 2.75) is 32.2 Å². The average Bonchev–Trinajstić information content (AvgIpc) is 2.32. The van der Waals surface area contributed by atoms with E-state index in [4.69, 9.17) is 0 Å². The van der Waals surface area contributed by atoms with Gasteiger partial charge in [-0.05, 0) is 25.2 Å². The molecule has 1 heterocycles. The second-order valence-corrected chi connectivity index (χ2v) is 4.37. The largest absolute Gasteiger partial charge is 0.335 e. The molecular formula is C10H15NO2. The van der Waals surface area contributed by atoms with Crippen LogP contribution in [0.3, 0.4) is 0 Å². The van der Waals surface area contributed by atoms with Gasteiger partial charge in [-0.15, -0.1) is 0 Å². The first-order valence-electron chi connectivity index (χ1n) is 4.92. The van der Waals surface area contributed by atoms with Gasteiger partial charge in [0.2, 0.25) is 5.78 Å². The summed E-state index contributed by atoms with van der Waals surface area (Å²) in [7, 11) is 1.75. The van der Waals surface area contributed by atoms with E-state index < -0.39 is 0 Å². The summed E-state index contributed by atoms with van der Waals surface area (Å²) >= 11 is 0. The molecule has 3 unspecified atom stereocenters. The van der Waals surface area contributed by atoms with E-state index in [1.54, 1.807) is 11.9 Å². The van der Waals surface area contributed by atoms with Gasteiger partial charge in [0.15, 0.2) is 0 Å². The Morgan fingerprint density at radius 3 is 2.69 bits per heavy atom. The molecule has 0 aromatic rings. The van der Waals surface area contributed by atoms with Crippen LogP contribution in [0.15, 0.2) is 0 Å². The van der Waals surface area contributed by atoms with Gasteiger partial charge in [-0.1, -0.05) is 6.92 Å². The third-order valence-corrected chi connectivity index (χ3v) is 3.44. The van der Waals surface area contributed by atoms with Crippen molar-refractivity contribution in [3.8, 4) is 0 Å². The van der Waals surface area contributed by atoms with Crippen LogP contribution in [0, 0.1) is 11.8 Å². The minimum Gasteiger partial charge on any atom is -0.335 e. The van der Waals surface area contributed by atoms with Gasteiger partial charge in [0.05, 0.1) is 0 Å². The third kappa shape index (κ3) is 1.18. The lowest BCUT2D eigenvalue weighted by molar-refractivity contribution is -0.140. The van der Waals surface area contributed by atoms with Crippen LogP contribution in [-0.4, -0.2) is 29.7 Å². The molecule has 3 atom stereocenters. The van der Waals surface area contributed by atoms with Gasteiger partial charge in [-0.2, -0.15) is 0 Å². The number of fused-ring (bicyclic) bond motifs is 1. The fourth-order valence-electron chi connectivity index (χ4n) is 2.59. The van der Waals surface area contributed by atoms with Crippen molar-refractivity contribution in [2.75, 3.05) is 7.05 Å². The normalized spacial score (nSPS) is 39.5. The fourth-order valence-corrected chi connectivity index (χ4v) is 2.59. The summed E-state index contributed by atoms with van der Waals surface area (Å²) in [5.41, 5.74) is 0. The van der Waals surface area contributed by atoms with Crippen molar-refractivity contribution in [1.82, 2.24) is 4.90 Å². The topological polar surface area (TPSA) is 37.4 Å². The summed E-state index contributed by atoms with van der Waals surface area (Å²) in [5.74, 6) is 0.175. The summed E-state index contributed by atoms with van der Waals surface area (Å²) < 4.78 is 0. The van der Waals surface area contributed by atoms with E-state index >= 15 is 0 Å². The zero-order valence-corrected chi connectivity index (χ0v) is 8.12. The van der Waals surface area contributed by atoms with E-state index in [2.05, 4.69) is 6.92 Å². The molecule has 1 aliphatic carbocycles. The highest BCUT2D eigenvalue weighted by Crippen LogP contribution is 2.36. The molecule has 2 aliphatic rings. The first-order chi connectivity index (χ1) is 6.11. The second kappa shape index (κ2) is 2.82. The highest BCUT2D eigenvalue weighted by atomic mass is 16.2. The molecule has 0 N–H and O–H groups in total. The van der Waals surface area contributed by atoms with E-state index in [-0.39, 0.29) is 23.7 Å². The van der Waals surface area contributed by atoms with Crippen molar-refractivity contribution < 1.29 is 9.59 Å². The predicted molar refractivity (Wildman–Crippen MR) is 48.1 cm³/mol. The zero-order valence-electron chi connectivity index (χ0n) is 8.12. The predicted octanol–water partition coefficient (Wildman–Crippen LogP) is 0.832. The number of rotatable bonds is 0. The molecule has 1 saturated heterocycles. The van der Waals surface area contributed by atoms with Crippen LogP contribution < -0.4 is 0 Å². The number of nitrogens with zero attached hydrogens (tertiary/aromatic N) is 1. The van der Waals surface area contributed by atoms with Crippen LogP contribution in [0.1, 0.15) is 26.2 Å². The molecule has 0 aromatic heterocycles. The van der Waals surface area contributed by atoms with Gasteiger partial charge in [0.1, 0.15) is 0 Å². The van der Waals surface area contributed by atoms with Crippen molar-refractivity contribution in [2.24, 2.45) is 11.8 Å². The molecule has 1 amide bonds. The quantitative estimate of drug-likeness (QED) is 0.519. The molecule has 1 aliphatic heterocycles. The lowest BCUT2D eigenvalue weighted by Crippen LogP contribution is -2.35.